The molecule has 9 nitrogen and oxygen atoms in total. The summed E-state index contributed by atoms with van der Waals surface area (Å²) in [7, 11) is 2.87. The predicted octanol–water partition coefficient (Wildman–Crippen LogP) is 4.77. The van der Waals surface area contributed by atoms with Crippen LogP contribution in [-0.2, 0) is 11.3 Å². The Morgan fingerprint density at radius 2 is 1.93 bits per heavy atom. The Morgan fingerprint density at radius 3 is 2.62 bits per heavy atom. The van der Waals surface area contributed by atoms with Crippen LogP contribution in [0.2, 0.25) is 5.02 Å². The first-order chi connectivity index (χ1) is 19.3. The van der Waals surface area contributed by atoms with Gasteiger partial charge in [-0.3, -0.25) is 9.69 Å². The molecule has 0 unspecified atom stereocenters. The van der Waals surface area contributed by atoms with Crippen molar-refractivity contribution in [2.75, 3.05) is 39.2 Å². The first kappa shape index (κ1) is 27.6. The monoisotopic (exact) mass is 570 g/mol. The van der Waals surface area contributed by atoms with Gasteiger partial charge in [-0.25, -0.2) is 18.7 Å². The number of benzene rings is 2. The minimum Gasteiger partial charge on any atom is -0.494 e. The molecule has 1 aliphatic rings. The molecule has 0 saturated carbocycles. The van der Waals surface area contributed by atoms with Crippen LogP contribution in [0.15, 0.2) is 42.6 Å². The van der Waals surface area contributed by atoms with Crippen LogP contribution in [0.1, 0.15) is 18.4 Å². The Balaban J connectivity index is 1.24. The standard InChI is InChI=1S/C28H29ClF2N6O3/c1-32-24(38)15-40-19-5-3-16(4-6-19)27-35-26-25(20(29)13-33-28(26)36-27)34-18-7-9-37(10-8-18)14-17-11-22(31)23(39-2)12-21(17)30/h3-6,11-13,18H,7-10,14-15H2,1-2H3,(H,32,38)(H2,33,34,35,36). The number of rotatable bonds is 9. The number of amides is 1. The van der Waals surface area contributed by atoms with Gasteiger partial charge in [-0.1, -0.05) is 11.6 Å². The smallest absolute Gasteiger partial charge is 0.257 e. The van der Waals surface area contributed by atoms with E-state index in [9.17, 15) is 13.6 Å². The minimum absolute atomic E-state index is 0.0617. The summed E-state index contributed by atoms with van der Waals surface area (Å²) in [6.07, 6.45) is 3.16. The molecule has 210 valence electrons. The number of anilines is 1. The highest BCUT2D eigenvalue weighted by atomic mass is 35.5. The number of likely N-dealkylation sites (N-methyl/N-ethyl adjacent to an activating group) is 1. The van der Waals surface area contributed by atoms with E-state index < -0.39 is 11.6 Å². The number of nitrogens with one attached hydrogen (secondary N) is 3. The number of carbonyl (C=O) groups excluding carboxylic acids is 1. The van der Waals surface area contributed by atoms with E-state index in [4.69, 9.17) is 26.1 Å². The molecule has 1 amide bonds. The third-order valence-electron chi connectivity index (χ3n) is 6.89. The molecule has 12 heteroatoms. The molecule has 0 spiro atoms. The van der Waals surface area contributed by atoms with E-state index in [-0.39, 0.29) is 24.3 Å². The zero-order chi connectivity index (χ0) is 28.2. The number of likely N-dealkylation sites (tertiary alicyclic amines) is 1. The fourth-order valence-corrected chi connectivity index (χ4v) is 4.86. The summed E-state index contributed by atoms with van der Waals surface area (Å²) in [4.78, 5) is 25.9. The Kier molecular flexibility index (Phi) is 8.32. The quantitative estimate of drug-likeness (QED) is 0.266. The third kappa shape index (κ3) is 6.10. The number of carbonyl (C=O) groups is 1. The maximum absolute atomic E-state index is 14.4. The Hall–Kier alpha value is -3.96. The third-order valence-corrected chi connectivity index (χ3v) is 7.18. The van der Waals surface area contributed by atoms with Gasteiger partial charge >= 0.3 is 0 Å². The van der Waals surface area contributed by atoms with Crippen LogP contribution in [0.3, 0.4) is 0 Å². The van der Waals surface area contributed by atoms with Crippen LogP contribution in [0, 0.1) is 11.6 Å². The van der Waals surface area contributed by atoms with Gasteiger partial charge in [0.15, 0.2) is 23.8 Å². The summed E-state index contributed by atoms with van der Waals surface area (Å²) in [5, 5.41) is 6.50. The Bertz CT molecular complexity index is 1510. The van der Waals surface area contributed by atoms with E-state index >= 15 is 0 Å². The molecule has 1 fully saturated rings. The number of fused-ring (bicyclic) bond motifs is 1. The molecule has 1 aliphatic heterocycles. The van der Waals surface area contributed by atoms with Crippen molar-refractivity contribution in [1.29, 1.82) is 0 Å². The normalized spacial score (nSPS) is 14.3. The van der Waals surface area contributed by atoms with Crippen molar-refractivity contribution in [3.63, 3.8) is 0 Å². The largest absolute Gasteiger partial charge is 0.494 e. The summed E-state index contributed by atoms with van der Waals surface area (Å²) in [5.74, 6) is -0.181. The SMILES string of the molecule is CNC(=O)COc1ccc(-c2nc3c(NC4CCN(Cc5cc(F)c(OC)cc5F)CC4)c(Cl)cnc3[nH]2)cc1. The second kappa shape index (κ2) is 12.1. The summed E-state index contributed by atoms with van der Waals surface area (Å²) in [5.41, 5.74) is 3.04. The lowest BCUT2D eigenvalue weighted by molar-refractivity contribution is -0.122. The van der Waals surface area contributed by atoms with Crippen molar-refractivity contribution in [1.82, 2.24) is 25.2 Å². The zero-order valence-electron chi connectivity index (χ0n) is 22.1. The maximum Gasteiger partial charge on any atom is 0.257 e. The molecule has 1 saturated heterocycles. The zero-order valence-corrected chi connectivity index (χ0v) is 22.8. The average molecular weight is 571 g/mol. The van der Waals surface area contributed by atoms with Crippen LogP contribution in [0.25, 0.3) is 22.6 Å². The lowest BCUT2D eigenvalue weighted by Crippen LogP contribution is -2.39. The van der Waals surface area contributed by atoms with Crippen molar-refractivity contribution in [3.8, 4) is 22.9 Å². The number of pyridine rings is 1. The molecule has 0 aliphatic carbocycles. The Labute approximate surface area is 234 Å². The van der Waals surface area contributed by atoms with Gasteiger partial charge in [0.1, 0.15) is 22.9 Å². The van der Waals surface area contributed by atoms with Crippen molar-refractivity contribution in [3.05, 3.63) is 64.8 Å². The van der Waals surface area contributed by atoms with E-state index in [1.807, 2.05) is 12.1 Å². The van der Waals surface area contributed by atoms with Crippen LogP contribution >= 0.6 is 11.6 Å². The van der Waals surface area contributed by atoms with Gasteiger partial charge in [0, 0.05) is 49.9 Å². The summed E-state index contributed by atoms with van der Waals surface area (Å²) >= 11 is 6.54. The molecule has 2 aromatic carbocycles. The second-order valence-electron chi connectivity index (χ2n) is 9.52. The number of halogens is 3. The maximum atomic E-state index is 14.4. The van der Waals surface area contributed by atoms with Crippen LogP contribution < -0.4 is 20.1 Å². The number of aromatic amines is 1. The van der Waals surface area contributed by atoms with Gasteiger partial charge in [0.2, 0.25) is 0 Å². The fourth-order valence-electron chi connectivity index (χ4n) is 4.66. The molecule has 3 heterocycles. The predicted molar refractivity (Wildman–Crippen MR) is 149 cm³/mol. The molecular formula is C28H29ClF2N6O3. The van der Waals surface area contributed by atoms with Crippen molar-refractivity contribution in [2.45, 2.75) is 25.4 Å². The number of imidazole rings is 1. The molecule has 0 atom stereocenters. The van der Waals surface area contributed by atoms with E-state index in [1.165, 1.54) is 13.2 Å². The van der Waals surface area contributed by atoms with E-state index in [0.717, 1.165) is 24.5 Å². The fraction of sp³-hybridized carbons (Fsp3) is 0.321. The number of aromatic nitrogens is 3. The topological polar surface area (TPSA) is 104 Å². The molecule has 40 heavy (non-hydrogen) atoms. The van der Waals surface area contributed by atoms with Crippen molar-refractivity contribution < 1.29 is 23.0 Å². The van der Waals surface area contributed by atoms with Gasteiger partial charge in [-0.2, -0.15) is 0 Å². The van der Waals surface area contributed by atoms with Gasteiger partial charge in [0.05, 0.1) is 24.0 Å². The first-order valence-electron chi connectivity index (χ1n) is 12.8. The number of H-pyrrole nitrogens is 1. The highest BCUT2D eigenvalue weighted by Crippen LogP contribution is 2.33. The number of methoxy groups -OCH3 is 1. The highest BCUT2D eigenvalue weighted by molar-refractivity contribution is 6.34. The lowest BCUT2D eigenvalue weighted by Gasteiger charge is -2.33. The molecule has 2 aromatic heterocycles. The summed E-state index contributed by atoms with van der Waals surface area (Å²) < 4.78 is 38.8. The van der Waals surface area contributed by atoms with Crippen molar-refractivity contribution in [2.24, 2.45) is 0 Å². The number of ether oxygens (including phenoxy) is 2. The molecule has 5 rings (SSSR count). The van der Waals surface area contributed by atoms with E-state index in [1.54, 1.807) is 25.4 Å². The van der Waals surface area contributed by atoms with Gasteiger partial charge in [-0.05, 0) is 43.2 Å². The van der Waals surface area contributed by atoms with Gasteiger partial charge in [-0.15, -0.1) is 0 Å². The highest BCUT2D eigenvalue weighted by Gasteiger charge is 2.23. The van der Waals surface area contributed by atoms with Crippen LogP contribution in [0.5, 0.6) is 11.5 Å². The average Bonchev–Trinajstić information content (AvgIpc) is 3.41. The number of piperidine rings is 1. The molecular weight excluding hydrogens is 542 g/mol. The molecule has 0 radical (unpaired) electrons. The molecule has 4 aromatic rings. The number of hydrogen-bond acceptors (Lipinski definition) is 7. The summed E-state index contributed by atoms with van der Waals surface area (Å²) in [6.45, 7) is 1.67. The molecule has 3 N–H and O–H groups in total. The van der Waals surface area contributed by atoms with Crippen molar-refractivity contribution >= 4 is 34.4 Å². The Morgan fingerprint density at radius 1 is 1.18 bits per heavy atom. The van der Waals surface area contributed by atoms with Crippen LogP contribution in [0.4, 0.5) is 14.5 Å². The lowest BCUT2D eigenvalue weighted by atomic mass is 10.0. The van der Waals surface area contributed by atoms with Gasteiger partial charge in [0.25, 0.3) is 5.91 Å². The van der Waals surface area contributed by atoms with Gasteiger partial charge < -0.3 is 25.1 Å². The first-order valence-corrected chi connectivity index (χ1v) is 13.2. The minimum atomic E-state index is -0.574. The van der Waals surface area contributed by atoms with Crippen LogP contribution in [-0.4, -0.2) is 65.7 Å². The van der Waals surface area contributed by atoms with E-state index in [0.29, 0.717) is 58.6 Å². The number of nitrogens with zero attached hydrogens (tertiary/aromatic N) is 3. The molecule has 0 bridgehead atoms. The number of hydrogen-bond donors (Lipinski definition) is 3. The summed E-state index contributed by atoms with van der Waals surface area (Å²) in [6, 6.07) is 9.64. The second-order valence-corrected chi connectivity index (χ2v) is 9.93. The van der Waals surface area contributed by atoms with E-state index in [2.05, 4.69) is 25.5 Å².